The van der Waals surface area contributed by atoms with Gasteiger partial charge in [-0.15, -0.1) is 0 Å². The Morgan fingerprint density at radius 1 is 1.05 bits per heavy atom. The average molecular weight is 258 g/mol. The van der Waals surface area contributed by atoms with Gasteiger partial charge in [0.25, 0.3) is 0 Å². The second-order valence-corrected chi connectivity index (χ2v) is 5.21. The van der Waals surface area contributed by atoms with Crippen LogP contribution in [0.15, 0.2) is 30.5 Å². The van der Waals surface area contributed by atoms with Crippen LogP contribution in [0.25, 0.3) is 10.9 Å². The Morgan fingerprint density at radius 2 is 1.89 bits per heavy atom. The predicted octanol–water partition coefficient (Wildman–Crippen LogP) is 4.33. The standard InChI is InChI=1S/C17H26N2/c1-3-5-6-9-12-19-14-15(13-18-4-2)16-10-7-8-11-17(16)19/h7-8,10-11,14,18H,3-6,9,12-13H2,1-2H3. The Morgan fingerprint density at radius 3 is 2.68 bits per heavy atom. The lowest BCUT2D eigenvalue weighted by Crippen LogP contribution is -2.11. The Kier molecular flexibility index (Phi) is 5.46. The molecule has 0 bridgehead atoms. The molecule has 1 aromatic heterocycles. The molecule has 1 N–H and O–H groups in total. The number of aromatic nitrogens is 1. The number of para-hydroxylation sites is 1. The summed E-state index contributed by atoms with van der Waals surface area (Å²) in [4.78, 5) is 0. The van der Waals surface area contributed by atoms with Crippen molar-refractivity contribution < 1.29 is 0 Å². The summed E-state index contributed by atoms with van der Waals surface area (Å²) in [6.07, 6.45) is 7.61. The van der Waals surface area contributed by atoms with E-state index in [1.54, 1.807) is 0 Å². The highest BCUT2D eigenvalue weighted by Crippen LogP contribution is 2.22. The van der Waals surface area contributed by atoms with E-state index >= 15 is 0 Å². The SMILES string of the molecule is CCCCCCn1cc(CNCC)c2ccccc21. The van der Waals surface area contributed by atoms with Gasteiger partial charge in [-0.2, -0.15) is 0 Å². The molecular weight excluding hydrogens is 232 g/mol. The molecule has 0 fully saturated rings. The minimum atomic E-state index is 0.971. The number of rotatable bonds is 8. The van der Waals surface area contributed by atoms with Crippen molar-refractivity contribution in [1.82, 2.24) is 9.88 Å². The van der Waals surface area contributed by atoms with Gasteiger partial charge in [-0.3, -0.25) is 0 Å². The molecular formula is C17H26N2. The number of hydrogen-bond donors (Lipinski definition) is 1. The summed E-state index contributed by atoms with van der Waals surface area (Å²) < 4.78 is 2.43. The van der Waals surface area contributed by atoms with Gasteiger partial charge in [0, 0.05) is 30.2 Å². The maximum Gasteiger partial charge on any atom is 0.0483 e. The van der Waals surface area contributed by atoms with Crippen LogP contribution in [0.1, 0.15) is 45.1 Å². The lowest BCUT2D eigenvalue weighted by atomic mass is 10.2. The number of nitrogens with one attached hydrogen (secondary N) is 1. The first-order valence-corrected chi connectivity index (χ1v) is 7.64. The van der Waals surface area contributed by atoms with Gasteiger partial charge in [-0.25, -0.2) is 0 Å². The normalized spacial score (nSPS) is 11.3. The van der Waals surface area contributed by atoms with E-state index in [1.165, 1.54) is 42.1 Å². The van der Waals surface area contributed by atoms with E-state index in [1.807, 2.05) is 0 Å². The molecule has 0 aliphatic heterocycles. The summed E-state index contributed by atoms with van der Waals surface area (Å²) in [5, 5.41) is 4.83. The van der Waals surface area contributed by atoms with E-state index in [-0.39, 0.29) is 0 Å². The largest absolute Gasteiger partial charge is 0.347 e. The number of fused-ring (bicyclic) bond motifs is 1. The van der Waals surface area contributed by atoms with Crippen molar-refractivity contribution in [2.45, 2.75) is 52.6 Å². The highest BCUT2D eigenvalue weighted by molar-refractivity contribution is 5.83. The fraction of sp³-hybridized carbons (Fsp3) is 0.529. The summed E-state index contributed by atoms with van der Waals surface area (Å²) >= 11 is 0. The molecule has 0 spiro atoms. The number of hydrogen-bond acceptors (Lipinski definition) is 1. The van der Waals surface area contributed by atoms with Gasteiger partial charge in [0.05, 0.1) is 0 Å². The van der Waals surface area contributed by atoms with Crippen LogP contribution >= 0.6 is 0 Å². The molecule has 19 heavy (non-hydrogen) atoms. The first-order chi connectivity index (χ1) is 9.36. The quantitative estimate of drug-likeness (QED) is 0.697. The van der Waals surface area contributed by atoms with Crippen LogP contribution in [0.2, 0.25) is 0 Å². The lowest BCUT2D eigenvalue weighted by Gasteiger charge is -2.04. The van der Waals surface area contributed by atoms with Gasteiger partial charge in [0.15, 0.2) is 0 Å². The molecule has 2 nitrogen and oxygen atoms in total. The topological polar surface area (TPSA) is 17.0 Å². The number of benzene rings is 1. The van der Waals surface area contributed by atoms with Gasteiger partial charge < -0.3 is 9.88 Å². The Bertz CT molecular complexity index is 499. The summed E-state index contributed by atoms with van der Waals surface area (Å²) in [6.45, 7) is 7.56. The first kappa shape index (κ1) is 14.1. The second-order valence-electron chi connectivity index (χ2n) is 5.21. The zero-order valence-corrected chi connectivity index (χ0v) is 12.3. The van der Waals surface area contributed by atoms with Crippen molar-refractivity contribution in [1.29, 1.82) is 0 Å². The van der Waals surface area contributed by atoms with Crippen LogP contribution in [-0.2, 0) is 13.1 Å². The van der Waals surface area contributed by atoms with Crippen LogP contribution in [0.3, 0.4) is 0 Å². The van der Waals surface area contributed by atoms with Crippen molar-refractivity contribution in [2.75, 3.05) is 6.54 Å². The maximum absolute atomic E-state index is 3.43. The highest BCUT2D eigenvalue weighted by atomic mass is 15.0. The fourth-order valence-electron chi connectivity index (χ4n) is 2.62. The Hall–Kier alpha value is -1.28. The van der Waals surface area contributed by atoms with E-state index in [4.69, 9.17) is 0 Å². The van der Waals surface area contributed by atoms with Crippen LogP contribution < -0.4 is 5.32 Å². The Labute approximate surface area is 116 Å². The van der Waals surface area contributed by atoms with Crippen LogP contribution in [0.4, 0.5) is 0 Å². The van der Waals surface area contributed by atoms with E-state index in [9.17, 15) is 0 Å². The van der Waals surface area contributed by atoms with Crippen molar-refractivity contribution in [3.63, 3.8) is 0 Å². The molecule has 2 heteroatoms. The molecule has 1 heterocycles. The molecule has 0 radical (unpaired) electrons. The van der Waals surface area contributed by atoms with Gasteiger partial charge in [0.2, 0.25) is 0 Å². The molecule has 1 aromatic carbocycles. The van der Waals surface area contributed by atoms with E-state index in [0.717, 1.165) is 19.6 Å². The zero-order chi connectivity index (χ0) is 13.5. The third-order valence-corrected chi connectivity index (χ3v) is 3.69. The van der Waals surface area contributed by atoms with Crippen LogP contribution in [0, 0.1) is 0 Å². The van der Waals surface area contributed by atoms with Crippen molar-refractivity contribution in [3.05, 3.63) is 36.0 Å². The van der Waals surface area contributed by atoms with E-state index in [0.29, 0.717) is 0 Å². The molecule has 0 saturated heterocycles. The lowest BCUT2D eigenvalue weighted by molar-refractivity contribution is 0.592. The number of aryl methyl sites for hydroxylation is 1. The third-order valence-electron chi connectivity index (χ3n) is 3.69. The van der Waals surface area contributed by atoms with Gasteiger partial charge >= 0.3 is 0 Å². The fourth-order valence-corrected chi connectivity index (χ4v) is 2.62. The minimum absolute atomic E-state index is 0.971. The molecule has 0 atom stereocenters. The average Bonchev–Trinajstić information content (AvgIpc) is 2.80. The molecule has 104 valence electrons. The summed E-state index contributed by atoms with van der Waals surface area (Å²) in [5.74, 6) is 0. The van der Waals surface area contributed by atoms with E-state index in [2.05, 4.69) is 54.2 Å². The molecule has 2 aromatic rings. The third kappa shape index (κ3) is 3.60. The monoisotopic (exact) mass is 258 g/mol. The highest BCUT2D eigenvalue weighted by Gasteiger charge is 2.06. The minimum Gasteiger partial charge on any atom is -0.347 e. The zero-order valence-electron chi connectivity index (χ0n) is 12.3. The Balaban J connectivity index is 2.13. The molecule has 0 saturated carbocycles. The second kappa shape index (κ2) is 7.34. The van der Waals surface area contributed by atoms with Gasteiger partial charge in [0.1, 0.15) is 0 Å². The molecule has 0 aliphatic rings. The van der Waals surface area contributed by atoms with Crippen LogP contribution in [0.5, 0.6) is 0 Å². The smallest absolute Gasteiger partial charge is 0.0483 e. The van der Waals surface area contributed by atoms with Crippen molar-refractivity contribution >= 4 is 10.9 Å². The van der Waals surface area contributed by atoms with Crippen LogP contribution in [-0.4, -0.2) is 11.1 Å². The molecule has 2 rings (SSSR count). The summed E-state index contributed by atoms with van der Waals surface area (Å²) in [5.41, 5.74) is 2.81. The van der Waals surface area contributed by atoms with Crippen molar-refractivity contribution in [3.8, 4) is 0 Å². The molecule has 0 unspecified atom stereocenters. The molecule has 0 aliphatic carbocycles. The first-order valence-electron chi connectivity index (χ1n) is 7.64. The predicted molar refractivity (Wildman–Crippen MR) is 83.5 cm³/mol. The van der Waals surface area contributed by atoms with Crippen molar-refractivity contribution in [2.24, 2.45) is 0 Å². The van der Waals surface area contributed by atoms with E-state index < -0.39 is 0 Å². The number of nitrogens with zero attached hydrogens (tertiary/aromatic N) is 1. The number of unbranched alkanes of at least 4 members (excludes halogenated alkanes) is 3. The summed E-state index contributed by atoms with van der Waals surface area (Å²) in [6, 6.07) is 8.76. The molecule has 0 amide bonds. The summed E-state index contributed by atoms with van der Waals surface area (Å²) in [7, 11) is 0. The maximum atomic E-state index is 3.43. The van der Waals surface area contributed by atoms with Gasteiger partial charge in [-0.05, 0) is 24.6 Å². The van der Waals surface area contributed by atoms with Gasteiger partial charge in [-0.1, -0.05) is 51.3 Å².